The maximum Gasteiger partial charge on any atom is 0.410 e. The lowest BCUT2D eigenvalue weighted by Gasteiger charge is -2.33. The summed E-state index contributed by atoms with van der Waals surface area (Å²) in [6, 6.07) is 0. The number of hydrogen-bond donors (Lipinski definition) is 0. The van der Waals surface area contributed by atoms with E-state index in [1.165, 1.54) is 0 Å². The number of carbonyl (C=O) groups is 2. The number of nitrogens with zero attached hydrogens (tertiary/aromatic N) is 2. The highest BCUT2D eigenvalue weighted by Crippen LogP contribution is 2.35. The number of amides is 1. The quantitative estimate of drug-likeness (QED) is 0.778. The molecule has 0 N–H and O–H groups in total. The van der Waals surface area contributed by atoms with Gasteiger partial charge in [0.1, 0.15) is 5.60 Å². The van der Waals surface area contributed by atoms with E-state index in [1.807, 2.05) is 20.8 Å². The molecule has 2 fully saturated rings. The normalized spacial score (nSPS) is 27.6. The highest BCUT2D eigenvalue weighted by atomic mass is 16.6. The van der Waals surface area contributed by atoms with E-state index in [1.54, 1.807) is 4.90 Å². The molecule has 2 aliphatic rings. The van der Waals surface area contributed by atoms with Crippen molar-refractivity contribution >= 4 is 11.9 Å². The summed E-state index contributed by atoms with van der Waals surface area (Å²) >= 11 is 0. The number of likely N-dealkylation sites (tertiary alicyclic amines) is 2. The van der Waals surface area contributed by atoms with Crippen molar-refractivity contribution < 1.29 is 14.3 Å². The van der Waals surface area contributed by atoms with Gasteiger partial charge in [-0.3, -0.25) is 9.69 Å². The van der Waals surface area contributed by atoms with Crippen LogP contribution < -0.4 is 0 Å². The third-order valence-corrected chi connectivity index (χ3v) is 4.13. The minimum absolute atomic E-state index is 0.289. The average Bonchev–Trinajstić information content (AvgIpc) is 2.88. The van der Waals surface area contributed by atoms with E-state index in [-0.39, 0.29) is 11.9 Å². The Kier molecular flexibility index (Phi) is 4.09. The van der Waals surface area contributed by atoms with Crippen molar-refractivity contribution in [3.63, 3.8) is 0 Å². The van der Waals surface area contributed by atoms with Crippen LogP contribution in [0.2, 0.25) is 0 Å². The zero-order chi connectivity index (χ0) is 15.0. The van der Waals surface area contributed by atoms with Crippen molar-refractivity contribution in [1.29, 1.82) is 0 Å². The molecule has 0 saturated carbocycles. The van der Waals surface area contributed by atoms with E-state index < -0.39 is 11.1 Å². The van der Waals surface area contributed by atoms with E-state index >= 15 is 0 Å². The van der Waals surface area contributed by atoms with Gasteiger partial charge in [-0.15, -0.1) is 0 Å². The second kappa shape index (κ2) is 5.35. The first-order valence-electron chi connectivity index (χ1n) is 7.55. The molecule has 1 spiro atoms. The first-order valence-corrected chi connectivity index (χ1v) is 7.55. The molecule has 20 heavy (non-hydrogen) atoms. The molecule has 2 saturated heterocycles. The lowest BCUT2D eigenvalue weighted by atomic mass is 9.93. The maximum absolute atomic E-state index is 12.3. The number of carbonyl (C=O) groups excluding carboxylic acids is 2. The van der Waals surface area contributed by atoms with Crippen LogP contribution in [0.4, 0.5) is 4.79 Å². The van der Waals surface area contributed by atoms with Crippen LogP contribution in [0.1, 0.15) is 47.0 Å². The third-order valence-electron chi connectivity index (χ3n) is 4.13. The number of rotatable bonds is 2. The summed E-state index contributed by atoms with van der Waals surface area (Å²) in [6.45, 7) is 10.6. The van der Waals surface area contributed by atoms with Crippen molar-refractivity contribution in [2.75, 3.05) is 26.2 Å². The van der Waals surface area contributed by atoms with Gasteiger partial charge in [0.15, 0.2) is 5.78 Å². The summed E-state index contributed by atoms with van der Waals surface area (Å²) in [4.78, 5) is 28.4. The molecule has 0 aliphatic carbocycles. The third kappa shape index (κ3) is 2.82. The molecule has 1 unspecified atom stereocenters. The zero-order valence-corrected chi connectivity index (χ0v) is 13.1. The fourth-order valence-electron chi connectivity index (χ4n) is 3.22. The van der Waals surface area contributed by atoms with Gasteiger partial charge in [0.05, 0.1) is 5.54 Å². The van der Waals surface area contributed by atoms with Crippen molar-refractivity contribution in [3.8, 4) is 0 Å². The number of ether oxygens (including phenoxy) is 1. The summed E-state index contributed by atoms with van der Waals surface area (Å²) in [5, 5.41) is 0. The fourth-order valence-corrected chi connectivity index (χ4v) is 3.22. The summed E-state index contributed by atoms with van der Waals surface area (Å²) in [5.41, 5.74) is -0.928. The van der Waals surface area contributed by atoms with Crippen LogP contribution in [-0.2, 0) is 9.53 Å². The van der Waals surface area contributed by atoms with Crippen LogP contribution in [0.15, 0.2) is 0 Å². The minimum Gasteiger partial charge on any atom is -0.444 e. The zero-order valence-electron chi connectivity index (χ0n) is 13.1. The van der Waals surface area contributed by atoms with E-state index in [4.69, 9.17) is 4.74 Å². The van der Waals surface area contributed by atoms with Crippen molar-refractivity contribution in [2.45, 2.75) is 58.1 Å². The van der Waals surface area contributed by atoms with E-state index in [0.29, 0.717) is 19.5 Å². The van der Waals surface area contributed by atoms with Crippen LogP contribution >= 0.6 is 0 Å². The molecular weight excluding hydrogens is 256 g/mol. The minimum atomic E-state index is -0.490. The van der Waals surface area contributed by atoms with Crippen molar-refractivity contribution in [2.24, 2.45) is 0 Å². The lowest BCUT2D eigenvalue weighted by Crippen LogP contribution is -2.51. The summed E-state index contributed by atoms with van der Waals surface area (Å²) in [7, 11) is 0. The summed E-state index contributed by atoms with van der Waals surface area (Å²) in [6.07, 6.45) is 2.08. The first kappa shape index (κ1) is 15.3. The van der Waals surface area contributed by atoms with Crippen LogP contribution in [0.25, 0.3) is 0 Å². The Morgan fingerprint density at radius 1 is 1.35 bits per heavy atom. The Bertz CT molecular complexity index is 402. The number of hydrogen-bond acceptors (Lipinski definition) is 4. The Labute approximate surface area is 121 Å². The summed E-state index contributed by atoms with van der Waals surface area (Å²) < 4.78 is 5.41. The van der Waals surface area contributed by atoms with E-state index in [0.717, 1.165) is 25.9 Å². The molecule has 114 valence electrons. The van der Waals surface area contributed by atoms with E-state index in [9.17, 15) is 9.59 Å². The van der Waals surface area contributed by atoms with Crippen LogP contribution in [0.5, 0.6) is 0 Å². The highest BCUT2D eigenvalue weighted by Gasteiger charge is 2.53. The van der Waals surface area contributed by atoms with Gasteiger partial charge >= 0.3 is 6.09 Å². The van der Waals surface area contributed by atoms with Crippen LogP contribution in [0.3, 0.4) is 0 Å². The second-order valence-corrected chi connectivity index (χ2v) is 6.84. The van der Waals surface area contributed by atoms with Crippen LogP contribution in [-0.4, -0.2) is 59.0 Å². The standard InChI is InChI=1S/C15H26N2O3/c1-5-8-17-9-6-12(18)15(17)7-10-16(11-15)13(19)20-14(2,3)4/h5-11H2,1-4H3. The smallest absolute Gasteiger partial charge is 0.410 e. The van der Waals surface area contributed by atoms with Gasteiger partial charge in [-0.25, -0.2) is 4.79 Å². The van der Waals surface area contributed by atoms with Gasteiger partial charge in [-0.2, -0.15) is 0 Å². The first-order chi connectivity index (χ1) is 9.28. The Morgan fingerprint density at radius 2 is 2.05 bits per heavy atom. The van der Waals surface area contributed by atoms with Crippen molar-refractivity contribution in [1.82, 2.24) is 9.80 Å². The molecule has 5 heteroatoms. The van der Waals surface area contributed by atoms with E-state index in [2.05, 4.69) is 11.8 Å². The van der Waals surface area contributed by atoms with Crippen molar-refractivity contribution in [3.05, 3.63) is 0 Å². The predicted molar refractivity (Wildman–Crippen MR) is 76.6 cm³/mol. The largest absolute Gasteiger partial charge is 0.444 e. The van der Waals surface area contributed by atoms with Gasteiger partial charge < -0.3 is 9.64 Å². The molecule has 5 nitrogen and oxygen atoms in total. The molecule has 0 radical (unpaired) electrons. The Balaban J connectivity index is 2.06. The fraction of sp³-hybridized carbons (Fsp3) is 0.867. The lowest BCUT2D eigenvalue weighted by molar-refractivity contribution is -0.124. The molecule has 0 aromatic rings. The average molecular weight is 282 g/mol. The van der Waals surface area contributed by atoms with Gasteiger partial charge in [0.25, 0.3) is 0 Å². The summed E-state index contributed by atoms with van der Waals surface area (Å²) in [5.74, 6) is 0.289. The molecule has 1 amide bonds. The Hall–Kier alpha value is -1.10. The highest BCUT2D eigenvalue weighted by molar-refractivity contribution is 5.92. The van der Waals surface area contributed by atoms with Gasteiger partial charge in [-0.1, -0.05) is 6.92 Å². The molecular formula is C15H26N2O3. The van der Waals surface area contributed by atoms with Gasteiger partial charge in [0.2, 0.25) is 0 Å². The number of ketones is 1. The molecule has 1 atom stereocenters. The molecule has 2 aliphatic heterocycles. The van der Waals surface area contributed by atoms with Gasteiger partial charge in [-0.05, 0) is 40.2 Å². The topological polar surface area (TPSA) is 49.9 Å². The monoisotopic (exact) mass is 282 g/mol. The van der Waals surface area contributed by atoms with Crippen LogP contribution in [0, 0.1) is 0 Å². The Morgan fingerprint density at radius 3 is 2.65 bits per heavy atom. The predicted octanol–water partition coefficient (Wildman–Crippen LogP) is 2.05. The second-order valence-electron chi connectivity index (χ2n) is 6.84. The molecule has 2 heterocycles. The van der Waals surface area contributed by atoms with Gasteiger partial charge in [0, 0.05) is 26.1 Å². The number of Topliss-reactive ketones (excluding diaryl/α,β-unsaturated/α-hetero) is 1. The maximum atomic E-state index is 12.3. The molecule has 0 bridgehead atoms. The molecule has 2 rings (SSSR count). The SMILES string of the molecule is CCCN1CCC(=O)C12CCN(C(=O)OC(C)(C)C)C2. The molecule has 0 aromatic heterocycles. The molecule has 0 aromatic carbocycles.